The summed E-state index contributed by atoms with van der Waals surface area (Å²) in [6.45, 7) is 10.0. The van der Waals surface area contributed by atoms with E-state index in [9.17, 15) is 9.59 Å². The molecule has 19 heavy (non-hydrogen) atoms. The van der Waals surface area contributed by atoms with Crippen molar-refractivity contribution in [1.82, 2.24) is 10.2 Å². The Morgan fingerprint density at radius 1 is 1.32 bits per heavy atom. The zero-order valence-corrected chi connectivity index (χ0v) is 12.8. The van der Waals surface area contributed by atoms with Gasteiger partial charge in [-0.3, -0.25) is 9.59 Å². The standard InChI is InChI=1S/C15H28N2O2/c1-5-6-9-16-13(18)12-8-7-10-17(11-12)14(19)15(2,3)4/h12H,5-11H2,1-4H3,(H,16,18)/t12-/m1/s1. The first-order valence-electron chi connectivity index (χ1n) is 7.43. The van der Waals surface area contributed by atoms with Crippen LogP contribution in [0.5, 0.6) is 0 Å². The summed E-state index contributed by atoms with van der Waals surface area (Å²) in [5.74, 6) is 0.232. The van der Waals surface area contributed by atoms with Crippen molar-refractivity contribution >= 4 is 11.8 Å². The number of likely N-dealkylation sites (tertiary alicyclic amines) is 1. The molecule has 0 bridgehead atoms. The second kappa shape index (κ2) is 6.92. The van der Waals surface area contributed by atoms with Crippen molar-refractivity contribution < 1.29 is 9.59 Å². The average molecular weight is 268 g/mol. The monoisotopic (exact) mass is 268 g/mol. The number of amides is 2. The van der Waals surface area contributed by atoms with E-state index < -0.39 is 0 Å². The minimum atomic E-state index is -0.361. The fraction of sp³-hybridized carbons (Fsp3) is 0.867. The Morgan fingerprint density at radius 3 is 2.58 bits per heavy atom. The molecule has 1 heterocycles. The molecule has 0 radical (unpaired) electrons. The largest absolute Gasteiger partial charge is 0.356 e. The van der Waals surface area contributed by atoms with Gasteiger partial charge in [-0.05, 0) is 19.3 Å². The SMILES string of the molecule is CCCCNC(=O)[C@@H]1CCCN(C(=O)C(C)(C)C)C1. The molecule has 1 rings (SSSR count). The third-order valence-corrected chi connectivity index (χ3v) is 3.55. The predicted molar refractivity (Wildman–Crippen MR) is 76.7 cm³/mol. The molecule has 4 nitrogen and oxygen atoms in total. The molecular formula is C15H28N2O2. The van der Waals surface area contributed by atoms with Gasteiger partial charge in [0.15, 0.2) is 0 Å². The van der Waals surface area contributed by atoms with Gasteiger partial charge in [0.05, 0.1) is 5.92 Å². The van der Waals surface area contributed by atoms with Crippen molar-refractivity contribution in [3.05, 3.63) is 0 Å². The molecule has 0 aromatic carbocycles. The summed E-state index contributed by atoms with van der Waals surface area (Å²) in [4.78, 5) is 26.1. The zero-order chi connectivity index (χ0) is 14.5. The van der Waals surface area contributed by atoms with Crippen LogP contribution < -0.4 is 5.32 Å². The molecular weight excluding hydrogens is 240 g/mol. The highest BCUT2D eigenvalue weighted by Crippen LogP contribution is 2.23. The van der Waals surface area contributed by atoms with E-state index in [1.54, 1.807) is 0 Å². The van der Waals surface area contributed by atoms with Crippen LogP contribution in [0, 0.1) is 11.3 Å². The number of carbonyl (C=O) groups is 2. The van der Waals surface area contributed by atoms with Crippen LogP contribution in [0.3, 0.4) is 0 Å². The van der Waals surface area contributed by atoms with Crippen LogP contribution in [0.2, 0.25) is 0 Å². The Bertz CT molecular complexity index is 321. The molecule has 0 spiro atoms. The predicted octanol–water partition coefficient (Wildman–Crippen LogP) is 2.19. The van der Waals surface area contributed by atoms with E-state index in [0.717, 1.165) is 38.8 Å². The van der Waals surface area contributed by atoms with Crippen molar-refractivity contribution in [2.75, 3.05) is 19.6 Å². The van der Waals surface area contributed by atoms with Gasteiger partial charge in [-0.25, -0.2) is 0 Å². The maximum Gasteiger partial charge on any atom is 0.227 e. The van der Waals surface area contributed by atoms with Crippen molar-refractivity contribution in [3.8, 4) is 0 Å². The normalized spacial score (nSPS) is 20.2. The molecule has 2 amide bonds. The maximum atomic E-state index is 12.2. The lowest BCUT2D eigenvalue weighted by molar-refractivity contribution is -0.142. The van der Waals surface area contributed by atoms with Gasteiger partial charge in [0.25, 0.3) is 0 Å². The summed E-state index contributed by atoms with van der Waals surface area (Å²) in [6.07, 6.45) is 3.92. The van der Waals surface area contributed by atoms with Crippen molar-refractivity contribution in [2.24, 2.45) is 11.3 Å². The number of unbranched alkanes of at least 4 members (excludes halogenated alkanes) is 1. The highest BCUT2D eigenvalue weighted by Gasteiger charge is 2.33. The molecule has 1 aliphatic heterocycles. The minimum Gasteiger partial charge on any atom is -0.356 e. The van der Waals surface area contributed by atoms with Gasteiger partial charge in [0, 0.05) is 25.0 Å². The van der Waals surface area contributed by atoms with Crippen LogP contribution in [0.15, 0.2) is 0 Å². The van der Waals surface area contributed by atoms with Crippen LogP contribution in [0.1, 0.15) is 53.4 Å². The molecule has 1 saturated heterocycles. The molecule has 0 aromatic heterocycles. The van der Waals surface area contributed by atoms with E-state index in [1.165, 1.54) is 0 Å². The first kappa shape index (κ1) is 16.0. The number of nitrogens with zero attached hydrogens (tertiary/aromatic N) is 1. The first-order valence-corrected chi connectivity index (χ1v) is 7.43. The Hall–Kier alpha value is -1.06. The van der Waals surface area contributed by atoms with E-state index in [-0.39, 0.29) is 23.1 Å². The van der Waals surface area contributed by atoms with E-state index in [4.69, 9.17) is 0 Å². The van der Waals surface area contributed by atoms with Crippen LogP contribution in [0.25, 0.3) is 0 Å². The van der Waals surface area contributed by atoms with E-state index in [2.05, 4.69) is 12.2 Å². The lowest BCUT2D eigenvalue weighted by Gasteiger charge is -2.35. The van der Waals surface area contributed by atoms with Gasteiger partial charge < -0.3 is 10.2 Å². The second-order valence-corrected chi connectivity index (χ2v) is 6.48. The van der Waals surface area contributed by atoms with E-state index in [1.807, 2.05) is 25.7 Å². The summed E-state index contributed by atoms with van der Waals surface area (Å²) in [5.41, 5.74) is -0.361. The molecule has 110 valence electrons. The fourth-order valence-corrected chi connectivity index (χ4v) is 2.38. The van der Waals surface area contributed by atoms with Crippen molar-refractivity contribution in [1.29, 1.82) is 0 Å². The number of rotatable bonds is 4. The Morgan fingerprint density at radius 2 is 2.00 bits per heavy atom. The van der Waals surface area contributed by atoms with E-state index >= 15 is 0 Å². The summed E-state index contributed by atoms with van der Waals surface area (Å²) in [5, 5.41) is 2.97. The third kappa shape index (κ3) is 4.84. The van der Waals surface area contributed by atoms with Crippen LogP contribution in [0.4, 0.5) is 0 Å². The summed E-state index contributed by atoms with van der Waals surface area (Å²) in [6, 6.07) is 0. The number of nitrogens with one attached hydrogen (secondary N) is 1. The zero-order valence-electron chi connectivity index (χ0n) is 12.8. The number of hydrogen-bond acceptors (Lipinski definition) is 2. The smallest absolute Gasteiger partial charge is 0.227 e. The minimum absolute atomic E-state index is 0.0306. The van der Waals surface area contributed by atoms with Crippen molar-refractivity contribution in [2.45, 2.75) is 53.4 Å². The molecule has 4 heteroatoms. The summed E-state index contributed by atoms with van der Waals surface area (Å²) in [7, 11) is 0. The average Bonchev–Trinajstić information content (AvgIpc) is 2.37. The topological polar surface area (TPSA) is 49.4 Å². The van der Waals surface area contributed by atoms with Gasteiger partial charge >= 0.3 is 0 Å². The van der Waals surface area contributed by atoms with Crippen LogP contribution in [-0.2, 0) is 9.59 Å². The highest BCUT2D eigenvalue weighted by atomic mass is 16.2. The van der Waals surface area contributed by atoms with Gasteiger partial charge in [0.2, 0.25) is 11.8 Å². The van der Waals surface area contributed by atoms with Gasteiger partial charge in [-0.2, -0.15) is 0 Å². The van der Waals surface area contributed by atoms with Crippen LogP contribution >= 0.6 is 0 Å². The van der Waals surface area contributed by atoms with Crippen LogP contribution in [-0.4, -0.2) is 36.3 Å². The molecule has 0 aliphatic carbocycles. The number of piperidine rings is 1. The van der Waals surface area contributed by atoms with E-state index in [0.29, 0.717) is 6.54 Å². The van der Waals surface area contributed by atoms with Gasteiger partial charge in [-0.1, -0.05) is 34.1 Å². The lowest BCUT2D eigenvalue weighted by Crippen LogP contribution is -2.48. The summed E-state index contributed by atoms with van der Waals surface area (Å²) >= 11 is 0. The third-order valence-electron chi connectivity index (χ3n) is 3.55. The molecule has 0 saturated carbocycles. The molecule has 0 unspecified atom stereocenters. The Kier molecular flexibility index (Phi) is 5.83. The maximum absolute atomic E-state index is 12.2. The van der Waals surface area contributed by atoms with Gasteiger partial charge in [0.1, 0.15) is 0 Å². The summed E-state index contributed by atoms with van der Waals surface area (Å²) < 4.78 is 0. The first-order chi connectivity index (χ1) is 8.86. The molecule has 0 aromatic rings. The second-order valence-electron chi connectivity index (χ2n) is 6.48. The fourth-order valence-electron chi connectivity index (χ4n) is 2.38. The molecule has 1 atom stereocenters. The van der Waals surface area contributed by atoms with Crippen molar-refractivity contribution in [3.63, 3.8) is 0 Å². The lowest BCUT2D eigenvalue weighted by atomic mass is 9.91. The Balaban J connectivity index is 2.50. The quantitative estimate of drug-likeness (QED) is 0.795. The highest BCUT2D eigenvalue weighted by molar-refractivity contribution is 5.83. The Labute approximate surface area is 116 Å². The van der Waals surface area contributed by atoms with Gasteiger partial charge in [-0.15, -0.1) is 0 Å². The number of hydrogen-bond donors (Lipinski definition) is 1. The number of carbonyl (C=O) groups excluding carboxylic acids is 2. The molecule has 1 N–H and O–H groups in total. The molecule has 1 fully saturated rings. The molecule has 1 aliphatic rings.